The van der Waals surface area contributed by atoms with Crippen LogP contribution in [0.25, 0.3) is 0 Å². The van der Waals surface area contributed by atoms with E-state index in [9.17, 15) is 4.79 Å². The average molecular weight is 177 g/mol. The lowest BCUT2D eigenvalue weighted by atomic mass is 10.3. The van der Waals surface area contributed by atoms with Crippen LogP contribution in [0.3, 0.4) is 0 Å². The largest absolute Gasteiger partial charge is 0.384 e. The summed E-state index contributed by atoms with van der Waals surface area (Å²) in [5.74, 6) is 0.756. The molecule has 1 atom stereocenters. The fraction of sp³-hybridized carbons (Fsp3) is 0.857. The molecule has 0 aromatic heterocycles. The lowest BCUT2D eigenvalue weighted by molar-refractivity contribution is -0.128. The highest BCUT2D eigenvalue weighted by Crippen LogP contribution is 1.93. The molecule has 0 saturated carbocycles. The van der Waals surface area contributed by atoms with Crippen molar-refractivity contribution in [2.45, 2.75) is 19.4 Å². The number of amides is 1. The van der Waals surface area contributed by atoms with Crippen LogP contribution in [0.2, 0.25) is 0 Å². The first-order chi connectivity index (χ1) is 5.18. The highest BCUT2D eigenvalue weighted by Gasteiger charge is 2.05. The molecule has 0 bridgehead atoms. The molecule has 2 N–H and O–H groups in total. The number of rotatable bonds is 5. The molecule has 4 heteroatoms. The predicted molar refractivity (Wildman–Crippen MR) is 47.7 cm³/mol. The van der Waals surface area contributed by atoms with E-state index in [4.69, 9.17) is 5.11 Å². The van der Waals surface area contributed by atoms with Gasteiger partial charge in [0.25, 0.3) is 0 Å². The summed E-state index contributed by atoms with van der Waals surface area (Å²) in [5.41, 5.74) is 0. The second kappa shape index (κ2) is 6.49. The van der Waals surface area contributed by atoms with E-state index >= 15 is 0 Å². The van der Waals surface area contributed by atoms with E-state index in [1.807, 2.05) is 6.26 Å². The van der Waals surface area contributed by atoms with Crippen molar-refractivity contribution in [2.24, 2.45) is 0 Å². The van der Waals surface area contributed by atoms with Crippen LogP contribution in [-0.4, -0.2) is 35.7 Å². The van der Waals surface area contributed by atoms with Crippen LogP contribution < -0.4 is 5.32 Å². The molecular formula is C7H15NO2S. The Bertz CT molecular complexity index is 117. The Labute approximate surface area is 71.6 Å². The van der Waals surface area contributed by atoms with Crippen molar-refractivity contribution in [2.75, 3.05) is 18.6 Å². The van der Waals surface area contributed by atoms with Crippen molar-refractivity contribution in [1.82, 2.24) is 5.32 Å². The minimum Gasteiger partial charge on any atom is -0.384 e. The Balaban J connectivity index is 3.18. The van der Waals surface area contributed by atoms with Crippen molar-refractivity contribution in [1.29, 1.82) is 0 Å². The van der Waals surface area contributed by atoms with Crippen LogP contribution >= 0.6 is 11.8 Å². The smallest absolute Gasteiger partial charge is 0.248 e. The van der Waals surface area contributed by atoms with Gasteiger partial charge in [-0.15, -0.1) is 0 Å². The maximum absolute atomic E-state index is 10.7. The van der Waals surface area contributed by atoms with Gasteiger partial charge in [0, 0.05) is 6.54 Å². The highest BCUT2D eigenvalue weighted by atomic mass is 32.2. The van der Waals surface area contributed by atoms with Crippen LogP contribution in [0, 0.1) is 0 Å². The summed E-state index contributed by atoms with van der Waals surface area (Å²) in [6, 6.07) is 0. The van der Waals surface area contributed by atoms with E-state index in [0.717, 1.165) is 12.2 Å². The summed E-state index contributed by atoms with van der Waals surface area (Å²) < 4.78 is 0. The molecule has 0 aliphatic heterocycles. The molecule has 0 radical (unpaired) electrons. The van der Waals surface area contributed by atoms with E-state index in [2.05, 4.69) is 5.32 Å². The van der Waals surface area contributed by atoms with Crippen molar-refractivity contribution < 1.29 is 9.90 Å². The predicted octanol–water partition coefficient (Wildman–Crippen LogP) is 0.236. The zero-order chi connectivity index (χ0) is 8.69. The number of hydrogen-bond donors (Lipinski definition) is 2. The normalized spacial score (nSPS) is 12.6. The lowest BCUT2D eigenvalue weighted by Gasteiger charge is -2.05. The number of carbonyl (C=O) groups is 1. The molecule has 0 saturated heterocycles. The third-order valence-corrected chi connectivity index (χ3v) is 1.90. The van der Waals surface area contributed by atoms with Gasteiger partial charge >= 0.3 is 0 Å². The molecule has 11 heavy (non-hydrogen) atoms. The fourth-order valence-electron chi connectivity index (χ4n) is 0.576. The van der Waals surface area contributed by atoms with Gasteiger partial charge in [-0.1, -0.05) is 0 Å². The van der Waals surface area contributed by atoms with Crippen molar-refractivity contribution in [3.63, 3.8) is 0 Å². The highest BCUT2D eigenvalue weighted by molar-refractivity contribution is 7.98. The minimum absolute atomic E-state index is 0.286. The summed E-state index contributed by atoms with van der Waals surface area (Å²) in [5, 5.41) is 11.4. The molecule has 66 valence electrons. The summed E-state index contributed by atoms with van der Waals surface area (Å²) in [6.45, 7) is 2.12. The van der Waals surface area contributed by atoms with Crippen LogP contribution in [0.4, 0.5) is 0 Å². The molecular weight excluding hydrogens is 162 g/mol. The summed E-state index contributed by atoms with van der Waals surface area (Å²) in [7, 11) is 0. The van der Waals surface area contributed by atoms with Crippen LogP contribution in [0.5, 0.6) is 0 Å². The van der Waals surface area contributed by atoms with Crippen LogP contribution in [-0.2, 0) is 4.79 Å². The molecule has 1 unspecified atom stereocenters. The summed E-state index contributed by atoms with van der Waals surface area (Å²) in [6.07, 6.45) is 2.10. The third kappa shape index (κ3) is 6.19. The Kier molecular flexibility index (Phi) is 6.36. The molecule has 0 rings (SSSR count). The Morgan fingerprint density at radius 1 is 1.73 bits per heavy atom. The maximum Gasteiger partial charge on any atom is 0.248 e. The zero-order valence-corrected chi connectivity index (χ0v) is 7.78. The van der Waals surface area contributed by atoms with Crippen molar-refractivity contribution in [3.05, 3.63) is 0 Å². The first-order valence-electron chi connectivity index (χ1n) is 3.63. The van der Waals surface area contributed by atoms with Gasteiger partial charge in [0.2, 0.25) is 5.91 Å². The maximum atomic E-state index is 10.7. The minimum atomic E-state index is -0.885. The van der Waals surface area contributed by atoms with Gasteiger partial charge in [-0.3, -0.25) is 4.79 Å². The number of thioether (sulfide) groups is 1. The second-order valence-electron chi connectivity index (χ2n) is 2.31. The molecule has 1 amide bonds. The average Bonchev–Trinajstić information content (AvgIpc) is 1.97. The topological polar surface area (TPSA) is 49.3 Å². The summed E-state index contributed by atoms with van der Waals surface area (Å²) >= 11 is 1.75. The molecule has 0 aromatic carbocycles. The van der Waals surface area contributed by atoms with Gasteiger partial charge in [-0.25, -0.2) is 0 Å². The molecule has 0 spiro atoms. The molecule has 0 aliphatic carbocycles. The number of aliphatic hydroxyl groups is 1. The van der Waals surface area contributed by atoms with E-state index < -0.39 is 6.10 Å². The quantitative estimate of drug-likeness (QED) is 0.591. The zero-order valence-electron chi connectivity index (χ0n) is 6.96. The number of aliphatic hydroxyl groups excluding tert-OH is 1. The number of hydrogen-bond acceptors (Lipinski definition) is 3. The van der Waals surface area contributed by atoms with Gasteiger partial charge in [-0.2, -0.15) is 11.8 Å². The monoisotopic (exact) mass is 177 g/mol. The lowest BCUT2D eigenvalue weighted by Crippen LogP contribution is -2.33. The van der Waals surface area contributed by atoms with E-state index in [-0.39, 0.29) is 5.91 Å². The first kappa shape index (κ1) is 10.8. The molecule has 0 aliphatic rings. The SMILES string of the molecule is CSCCCNC(=O)C(C)O. The van der Waals surface area contributed by atoms with Crippen molar-refractivity contribution >= 4 is 17.7 Å². The van der Waals surface area contributed by atoms with Gasteiger partial charge in [-0.05, 0) is 25.4 Å². The van der Waals surface area contributed by atoms with Crippen LogP contribution in [0.1, 0.15) is 13.3 Å². The van der Waals surface area contributed by atoms with Crippen molar-refractivity contribution in [3.8, 4) is 0 Å². The van der Waals surface area contributed by atoms with Gasteiger partial charge in [0.15, 0.2) is 0 Å². The Morgan fingerprint density at radius 3 is 2.82 bits per heavy atom. The van der Waals surface area contributed by atoms with Gasteiger partial charge in [0.05, 0.1) is 0 Å². The summed E-state index contributed by atoms with van der Waals surface area (Å²) in [4.78, 5) is 10.7. The molecule has 0 fully saturated rings. The number of carbonyl (C=O) groups excluding carboxylic acids is 1. The van der Waals surface area contributed by atoms with Gasteiger partial charge < -0.3 is 10.4 Å². The Hall–Kier alpha value is -0.220. The van der Waals surface area contributed by atoms with E-state index in [0.29, 0.717) is 6.54 Å². The Morgan fingerprint density at radius 2 is 2.36 bits per heavy atom. The fourth-order valence-corrected chi connectivity index (χ4v) is 1.01. The second-order valence-corrected chi connectivity index (χ2v) is 3.30. The first-order valence-corrected chi connectivity index (χ1v) is 5.02. The molecule has 3 nitrogen and oxygen atoms in total. The van der Waals surface area contributed by atoms with E-state index in [1.165, 1.54) is 6.92 Å². The standard InChI is InChI=1S/C7H15NO2S/c1-6(9)7(10)8-4-3-5-11-2/h6,9H,3-5H2,1-2H3,(H,8,10). The van der Waals surface area contributed by atoms with E-state index in [1.54, 1.807) is 11.8 Å². The molecule has 0 heterocycles. The number of nitrogens with one attached hydrogen (secondary N) is 1. The van der Waals surface area contributed by atoms with Gasteiger partial charge in [0.1, 0.15) is 6.10 Å². The third-order valence-electron chi connectivity index (χ3n) is 1.20. The molecule has 0 aromatic rings. The van der Waals surface area contributed by atoms with Crippen LogP contribution in [0.15, 0.2) is 0 Å².